The van der Waals surface area contributed by atoms with Gasteiger partial charge in [-0.25, -0.2) is 30.3 Å². The predicted molar refractivity (Wildman–Crippen MR) is 112 cm³/mol. The molecule has 12 heteroatoms. The number of aryl methyl sites for hydroxylation is 1. The van der Waals surface area contributed by atoms with Gasteiger partial charge in [-0.05, 0) is 44.4 Å². The molecule has 0 aliphatic carbocycles. The van der Waals surface area contributed by atoms with E-state index < -0.39 is 47.7 Å². The van der Waals surface area contributed by atoms with Crippen LogP contribution in [-0.4, -0.2) is 57.3 Å². The first-order valence-electron chi connectivity index (χ1n) is 9.90. The highest BCUT2D eigenvalue weighted by atomic mass is 32.2. The van der Waals surface area contributed by atoms with E-state index in [0.29, 0.717) is 0 Å². The molecular weight excluding hydrogens is 466 g/mol. The van der Waals surface area contributed by atoms with Crippen molar-refractivity contribution >= 4 is 19.7 Å². The number of benzene rings is 1. The number of ether oxygens (including phenoxy) is 2. The molecule has 2 unspecified atom stereocenters. The Bertz CT molecular complexity index is 1180. The fourth-order valence-corrected chi connectivity index (χ4v) is 6.68. The van der Waals surface area contributed by atoms with Crippen molar-refractivity contribution in [3.05, 3.63) is 41.6 Å². The number of hydrogen-bond acceptors (Lipinski definition) is 7. The van der Waals surface area contributed by atoms with Crippen LogP contribution in [0.15, 0.2) is 40.3 Å². The van der Waals surface area contributed by atoms with Crippen LogP contribution < -0.4 is 0 Å². The molecule has 1 fully saturated rings. The second-order valence-electron chi connectivity index (χ2n) is 8.08. The van der Waals surface area contributed by atoms with Gasteiger partial charge >= 0.3 is 0 Å². The van der Waals surface area contributed by atoms with Crippen molar-refractivity contribution < 1.29 is 35.1 Å². The van der Waals surface area contributed by atoms with Crippen LogP contribution in [0.2, 0.25) is 0 Å². The Morgan fingerprint density at radius 1 is 1.28 bits per heavy atom. The maximum atomic E-state index is 13.5. The van der Waals surface area contributed by atoms with Gasteiger partial charge < -0.3 is 9.47 Å². The number of hydrogen-bond donors (Lipinski definition) is 0. The molecule has 2 heterocycles. The van der Waals surface area contributed by atoms with E-state index in [2.05, 4.69) is 5.10 Å². The summed E-state index contributed by atoms with van der Waals surface area (Å²) < 4.78 is 87.7. The molecule has 32 heavy (non-hydrogen) atoms. The summed E-state index contributed by atoms with van der Waals surface area (Å²) in [6.07, 6.45) is -3.59. The minimum absolute atomic E-state index is 0.0347. The third-order valence-corrected chi connectivity index (χ3v) is 9.62. The standard InChI is InChI=1S/C20H26F2N2O6S2/c1-14-5-4-6-15(9-14)32(27,28)20(2)7-8-30-17(11-20)16-10-19(23-24(16)13-29-3)31(25,26)12-18(21)22/h4-6,9-10,17-18H,7-8,11-13H2,1-3H3. The van der Waals surface area contributed by atoms with Crippen molar-refractivity contribution in [1.82, 2.24) is 9.78 Å². The molecule has 178 valence electrons. The van der Waals surface area contributed by atoms with Gasteiger partial charge in [0.05, 0.1) is 15.3 Å². The third kappa shape index (κ3) is 4.87. The summed E-state index contributed by atoms with van der Waals surface area (Å²) in [5.74, 6) is -1.36. The summed E-state index contributed by atoms with van der Waals surface area (Å²) in [6, 6.07) is 7.79. The van der Waals surface area contributed by atoms with Gasteiger partial charge in [0.15, 0.2) is 14.9 Å². The van der Waals surface area contributed by atoms with Gasteiger partial charge in [-0.3, -0.25) is 0 Å². The van der Waals surface area contributed by atoms with Crippen LogP contribution in [0.25, 0.3) is 0 Å². The number of sulfone groups is 2. The van der Waals surface area contributed by atoms with Crippen molar-refractivity contribution in [1.29, 1.82) is 0 Å². The van der Waals surface area contributed by atoms with Gasteiger partial charge in [-0.15, -0.1) is 0 Å². The van der Waals surface area contributed by atoms with Crippen molar-refractivity contribution in [2.45, 2.75) is 60.6 Å². The third-order valence-electron chi connectivity index (χ3n) is 5.55. The van der Waals surface area contributed by atoms with Crippen molar-refractivity contribution in [3.8, 4) is 0 Å². The number of aromatic nitrogens is 2. The van der Waals surface area contributed by atoms with E-state index in [-0.39, 0.29) is 36.8 Å². The first kappa shape index (κ1) is 24.7. The van der Waals surface area contributed by atoms with Gasteiger partial charge in [0.2, 0.25) is 9.84 Å². The maximum absolute atomic E-state index is 13.5. The molecule has 0 spiro atoms. The van der Waals surface area contributed by atoms with Gasteiger partial charge in [0, 0.05) is 19.8 Å². The van der Waals surface area contributed by atoms with Crippen LogP contribution in [0.1, 0.15) is 37.1 Å². The molecule has 1 saturated heterocycles. The van der Waals surface area contributed by atoms with E-state index in [4.69, 9.17) is 9.47 Å². The van der Waals surface area contributed by atoms with Gasteiger partial charge in [-0.2, -0.15) is 5.10 Å². The normalized spacial score (nSPS) is 22.4. The van der Waals surface area contributed by atoms with Crippen LogP contribution in [0.4, 0.5) is 8.78 Å². The van der Waals surface area contributed by atoms with Crippen molar-refractivity contribution in [3.63, 3.8) is 0 Å². The highest BCUT2D eigenvalue weighted by Crippen LogP contribution is 2.42. The Kier molecular flexibility index (Phi) is 7.08. The molecule has 0 saturated carbocycles. The zero-order valence-electron chi connectivity index (χ0n) is 18.0. The van der Waals surface area contributed by atoms with Crippen LogP contribution in [-0.2, 0) is 35.9 Å². The summed E-state index contributed by atoms with van der Waals surface area (Å²) in [5, 5.41) is 3.39. The lowest BCUT2D eigenvalue weighted by molar-refractivity contribution is -0.00919. The highest BCUT2D eigenvalue weighted by molar-refractivity contribution is 7.92. The minimum atomic E-state index is -4.33. The molecule has 1 aliphatic heterocycles. The first-order chi connectivity index (χ1) is 14.9. The first-order valence-corrected chi connectivity index (χ1v) is 13.0. The fraction of sp³-hybridized carbons (Fsp3) is 0.550. The van der Waals surface area contributed by atoms with Gasteiger partial charge in [0.25, 0.3) is 6.43 Å². The molecular formula is C20H26F2N2O6S2. The fourth-order valence-electron chi connectivity index (χ4n) is 3.77. The summed E-state index contributed by atoms with van der Waals surface area (Å²) in [4.78, 5) is 0.200. The number of methoxy groups -OCH3 is 1. The lowest BCUT2D eigenvalue weighted by Crippen LogP contribution is -2.42. The molecule has 0 radical (unpaired) electrons. The molecule has 1 aromatic heterocycles. The lowest BCUT2D eigenvalue weighted by Gasteiger charge is -2.37. The van der Waals surface area contributed by atoms with Crippen molar-refractivity contribution in [2.75, 3.05) is 19.5 Å². The van der Waals surface area contributed by atoms with Gasteiger partial charge in [0.1, 0.15) is 18.6 Å². The van der Waals surface area contributed by atoms with Crippen LogP contribution in [0, 0.1) is 6.92 Å². The molecule has 2 aromatic rings. The van der Waals surface area contributed by atoms with Gasteiger partial charge in [-0.1, -0.05) is 12.1 Å². The lowest BCUT2D eigenvalue weighted by atomic mass is 9.95. The van der Waals surface area contributed by atoms with E-state index in [1.165, 1.54) is 11.8 Å². The monoisotopic (exact) mass is 492 g/mol. The Morgan fingerprint density at radius 2 is 2.00 bits per heavy atom. The Morgan fingerprint density at radius 3 is 2.62 bits per heavy atom. The minimum Gasteiger partial charge on any atom is -0.372 e. The van der Waals surface area contributed by atoms with Crippen LogP contribution in [0.3, 0.4) is 0 Å². The Labute approximate surface area is 186 Å². The maximum Gasteiger partial charge on any atom is 0.252 e. The average Bonchev–Trinajstić information content (AvgIpc) is 3.12. The summed E-state index contributed by atoms with van der Waals surface area (Å²) in [7, 11) is -6.71. The van der Waals surface area contributed by atoms with Crippen LogP contribution >= 0.6 is 0 Å². The zero-order chi connectivity index (χ0) is 23.7. The number of alkyl halides is 2. The molecule has 1 aliphatic rings. The number of halogens is 2. The molecule has 8 nitrogen and oxygen atoms in total. The quantitative estimate of drug-likeness (QED) is 0.558. The SMILES string of the molecule is COCn1nc(S(=O)(=O)CC(F)F)cc1C1CC(C)(S(=O)(=O)c2cccc(C)c2)CCO1. The van der Waals surface area contributed by atoms with Crippen LogP contribution in [0.5, 0.6) is 0 Å². The number of rotatable bonds is 8. The predicted octanol–water partition coefficient (Wildman–Crippen LogP) is 2.92. The molecule has 2 atom stereocenters. The zero-order valence-corrected chi connectivity index (χ0v) is 19.6. The average molecular weight is 493 g/mol. The second-order valence-corrected chi connectivity index (χ2v) is 12.5. The smallest absolute Gasteiger partial charge is 0.252 e. The van der Waals surface area contributed by atoms with E-state index >= 15 is 0 Å². The molecule has 3 rings (SSSR count). The topological polar surface area (TPSA) is 105 Å². The molecule has 0 amide bonds. The largest absolute Gasteiger partial charge is 0.372 e. The summed E-state index contributed by atoms with van der Waals surface area (Å²) >= 11 is 0. The summed E-state index contributed by atoms with van der Waals surface area (Å²) in [6.45, 7) is 3.40. The number of nitrogens with zero attached hydrogens (tertiary/aromatic N) is 2. The van der Waals surface area contributed by atoms with E-state index in [9.17, 15) is 25.6 Å². The van der Waals surface area contributed by atoms with Crippen molar-refractivity contribution in [2.24, 2.45) is 0 Å². The van der Waals surface area contributed by atoms with E-state index in [1.54, 1.807) is 38.1 Å². The molecule has 1 aromatic carbocycles. The van der Waals surface area contributed by atoms with E-state index in [0.717, 1.165) is 11.6 Å². The van der Waals surface area contributed by atoms with E-state index in [1.807, 2.05) is 0 Å². The molecule has 0 bridgehead atoms. The Balaban J connectivity index is 1.98. The molecule has 0 N–H and O–H groups in total. The highest BCUT2D eigenvalue weighted by Gasteiger charge is 2.46. The second kappa shape index (κ2) is 9.16. The Hall–Kier alpha value is -1.89. The summed E-state index contributed by atoms with van der Waals surface area (Å²) in [5.41, 5.74) is 1.07.